The molecule has 28 heavy (non-hydrogen) atoms. The maximum absolute atomic E-state index is 13.0. The number of halogens is 3. The van der Waals surface area contributed by atoms with Crippen LogP contribution < -0.4 is 4.90 Å². The number of nitrogens with zero attached hydrogens (tertiary/aromatic N) is 2. The number of sulfonamides is 1. The minimum Gasteiger partial charge on any atom is -0.356 e. The second kappa shape index (κ2) is 8.01. The monoisotopic (exact) mass is 460 g/mol. The molecule has 4 rings (SSSR count). The Balaban J connectivity index is 1.50. The van der Waals surface area contributed by atoms with Crippen LogP contribution in [-0.2, 0) is 21.4 Å². The van der Waals surface area contributed by atoms with Crippen LogP contribution in [-0.4, -0.2) is 38.6 Å². The van der Waals surface area contributed by atoms with Gasteiger partial charge in [-0.05, 0) is 49.2 Å². The van der Waals surface area contributed by atoms with Crippen molar-refractivity contribution < 1.29 is 13.2 Å². The molecule has 0 amide bonds. The average Bonchev–Trinajstić information content (AvgIpc) is 2.66. The summed E-state index contributed by atoms with van der Waals surface area (Å²) in [5.41, 5.74) is 2.17. The molecule has 0 saturated carbocycles. The Hall–Kier alpha value is -1.02. The lowest BCUT2D eigenvalue weighted by molar-refractivity contribution is 0.0988. The van der Waals surface area contributed by atoms with E-state index in [1.807, 2.05) is 18.2 Å². The molecule has 0 atom stereocenters. The lowest BCUT2D eigenvalue weighted by Gasteiger charge is -2.41. The van der Waals surface area contributed by atoms with E-state index in [1.54, 1.807) is 0 Å². The minimum absolute atomic E-state index is 0.129. The molecule has 0 aromatic heterocycles. The Bertz CT molecular complexity index is 972. The zero-order valence-corrected chi connectivity index (χ0v) is 18.0. The van der Waals surface area contributed by atoms with Crippen LogP contribution in [0.2, 0.25) is 15.1 Å². The quantitative estimate of drug-likeness (QED) is 0.659. The van der Waals surface area contributed by atoms with Crippen molar-refractivity contribution in [2.24, 2.45) is 0 Å². The molecule has 1 fully saturated rings. The van der Waals surface area contributed by atoms with Gasteiger partial charge in [-0.1, -0.05) is 34.8 Å². The fraction of sp³-hybridized carbons (Fsp3) is 0.368. The van der Waals surface area contributed by atoms with E-state index in [4.69, 9.17) is 39.5 Å². The molecule has 2 aliphatic rings. The summed E-state index contributed by atoms with van der Waals surface area (Å²) in [6.45, 7) is 1.89. The Morgan fingerprint density at radius 2 is 1.61 bits per heavy atom. The van der Waals surface area contributed by atoms with Crippen molar-refractivity contribution in [2.45, 2.75) is 30.4 Å². The first-order valence-electron chi connectivity index (χ1n) is 8.93. The van der Waals surface area contributed by atoms with Crippen molar-refractivity contribution in [1.29, 1.82) is 0 Å². The van der Waals surface area contributed by atoms with E-state index in [1.165, 1.54) is 22.5 Å². The predicted molar refractivity (Wildman–Crippen MR) is 112 cm³/mol. The fourth-order valence-electron chi connectivity index (χ4n) is 3.80. The molecule has 2 aromatic carbocycles. The van der Waals surface area contributed by atoms with Gasteiger partial charge in [0.05, 0.1) is 11.5 Å². The SMILES string of the molecule is O=S(=O)(c1cc(Cl)cc(Cl)c1)N1CCC(N2COCc3cc(Cl)ccc32)CC1. The van der Waals surface area contributed by atoms with Gasteiger partial charge in [0.15, 0.2) is 0 Å². The van der Waals surface area contributed by atoms with Crippen molar-refractivity contribution in [2.75, 3.05) is 24.7 Å². The first-order chi connectivity index (χ1) is 13.3. The van der Waals surface area contributed by atoms with E-state index < -0.39 is 10.0 Å². The van der Waals surface area contributed by atoms with E-state index in [0.29, 0.717) is 54.3 Å². The molecule has 9 heteroatoms. The van der Waals surface area contributed by atoms with Gasteiger partial charge < -0.3 is 9.64 Å². The van der Waals surface area contributed by atoms with E-state index in [9.17, 15) is 8.42 Å². The minimum atomic E-state index is -3.63. The highest BCUT2D eigenvalue weighted by Crippen LogP contribution is 2.34. The smallest absolute Gasteiger partial charge is 0.243 e. The highest BCUT2D eigenvalue weighted by molar-refractivity contribution is 7.89. The molecule has 0 aliphatic carbocycles. The van der Waals surface area contributed by atoms with E-state index in [0.717, 1.165) is 11.3 Å². The van der Waals surface area contributed by atoms with Crippen LogP contribution in [0.1, 0.15) is 18.4 Å². The summed E-state index contributed by atoms with van der Waals surface area (Å²) in [6.07, 6.45) is 1.41. The van der Waals surface area contributed by atoms with Crippen molar-refractivity contribution in [3.63, 3.8) is 0 Å². The third kappa shape index (κ3) is 3.99. The van der Waals surface area contributed by atoms with Gasteiger partial charge in [-0.25, -0.2) is 8.42 Å². The van der Waals surface area contributed by atoms with Crippen LogP contribution in [0.3, 0.4) is 0 Å². The van der Waals surface area contributed by atoms with E-state index in [2.05, 4.69) is 4.90 Å². The van der Waals surface area contributed by atoms with Crippen molar-refractivity contribution >= 4 is 50.5 Å². The topological polar surface area (TPSA) is 49.9 Å². The van der Waals surface area contributed by atoms with E-state index in [-0.39, 0.29) is 10.9 Å². The Morgan fingerprint density at radius 3 is 2.29 bits per heavy atom. The van der Waals surface area contributed by atoms with Crippen LogP contribution >= 0.6 is 34.8 Å². The van der Waals surface area contributed by atoms with Crippen LogP contribution in [0.5, 0.6) is 0 Å². The van der Waals surface area contributed by atoms with Gasteiger partial charge in [0.1, 0.15) is 6.73 Å². The molecular weight excluding hydrogens is 443 g/mol. The molecular formula is C19H19Cl3N2O3S. The number of hydrogen-bond acceptors (Lipinski definition) is 4. The molecule has 150 valence electrons. The fourth-order valence-corrected chi connectivity index (χ4v) is 6.19. The number of benzene rings is 2. The molecule has 0 N–H and O–H groups in total. The molecule has 0 radical (unpaired) electrons. The molecule has 2 aromatic rings. The summed E-state index contributed by atoms with van der Waals surface area (Å²) in [4.78, 5) is 2.33. The third-order valence-electron chi connectivity index (χ3n) is 5.18. The van der Waals surface area contributed by atoms with Crippen LogP contribution in [0, 0.1) is 0 Å². The number of anilines is 1. The predicted octanol–water partition coefficient (Wildman–Crippen LogP) is 4.79. The summed E-state index contributed by atoms with van der Waals surface area (Å²) >= 11 is 18.1. The molecule has 2 aliphatic heterocycles. The molecule has 0 unspecified atom stereocenters. The molecule has 2 heterocycles. The van der Waals surface area contributed by atoms with Gasteiger partial charge in [-0.2, -0.15) is 4.31 Å². The van der Waals surface area contributed by atoms with Crippen molar-refractivity contribution in [3.05, 3.63) is 57.0 Å². The zero-order chi connectivity index (χ0) is 19.9. The lowest BCUT2D eigenvalue weighted by Crippen LogP contribution is -2.48. The van der Waals surface area contributed by atoms with Crippen molar-refractivity contribution in [1.82, 2.24) is 4.31 Å². The molecule has 5 nitrogen and oxygen atoms in total. The summed E-state index contributed by atoms with van der Waals surface area (Å²) in [5.74, 6) is 0. The number of fused-ring (bicyclic) bond motifs is 1. The van der Waals surface area contributed by atoms with Crippen LogP contribution in [0.4, 0.5) is 5.69 Å². The summed E-state index contributed by atoms with van der Waals surface area (Å²) in [5, 5.41) is 1.30. The average molecular weight is 462 g/mol. The Morgan fingerprint density at radius 1 is 0.929 bits per heavy atom. The van der Waals surface area contributed by atoms with Crippen LogP contribution in [0.15, 0.2) is 41.3 Å². The zero-order valence-electron chi connectivity index (χ0n) is 14.9. The Kier molecular flexibility index (Phi) is 5.80. The number of rotatable bonds is 3. The van der Waals surface area contributed by atoms with Gasteiger partial charge in [0.2, 0.25) is 10.0 Å². The highest BCUT2D eigenvalue weighted by Gasteiger charge is 2.33. The third-order valence-corrected chi connectivity index (χ3v) is 7.72. The number of piperidine rings is 1. The second-order valence-electron chi connectivity index (χ2n) is 6.96. The second-order valence-corrected chi connectivity index (χ2v) is 10.2. The van der Waals surface area contributed by atoms with Gasteiger partial charge in [-0.3, -0.25) is 0 Å². The molecule has 0 spiro atoms. The lowest BCUT2D eigenvalue weighted by atomic mass is 10.0. The maximum atomic E-state index is 13.0. The Labute approximate surface area is 179 Å². The van der Waals surface area contributed by atoms with Gasteiger partial charge >= 0.3 is 0 Å². The highest BCUT2D eigenvalue weighted by atomic mass is 35.5. The summed E-state index contributed by atoms with van der Waals surface area (Å²) in [7, 11) is -3.63. The van der Waals surface area contributed by atoms with Gasteiger partial charge in [0.25, 0.3) is 0 Å². The molecule has 0 bridgehead atoms. The van der Waals surface area contributed by atoms with Gasteiger partial charge in [-0.15, -0.1) is 0 Å². The largest absolute Gasteiger partial charge is 0.356 e. The normalized spacial score (nSPS) is 18.9. The van der Waals surface area contributed by atoms with Crippen LogP contribution in [0.25, 0.3) is 0 Å². The van der Waals surface area contributed by atoms with Gasteiger partial charge in [0, 0.05) is 45.5 Å². The van der Waals surface area contributed by atoms with E-state index >= 15 is 0 Å². The molecule has 1 saturated heterocycles. The number of hydrogen-bond donors (Lipinski definition) is 0. The first kappa shape index (κ1) is 20.3. The maximum Gasteiger partial charge on any atom is 0.243 e. The summed E-state index contributed by atoms with van der Waals surface area (Å²) in [6, 6.07) is 10.4. The van der Waals surface area contributed by atoms with Crippen molar-refractivity contribution in [3.8, 4) is 0 Å². The first-order valence-corrected chi connectivity index (χ1v) is 11.5. The number of ether oxygens (including phenoxy) is 1. The standard InChI is InChI=1S/C19H19Cl3N2O3S/c20-14-1-2-19-13(7-14)11-27-12-24(19)17-3-5-23(6-4-17)28(25,26)18-9-15(21)8-16(22)10-18/h1-2,7-10,17H,3-6,11-12H2. The summed E-state index contributed by atoms with van der Waals surface area (Å²) < 4.78 is 33.1.